The van der Waals surface area contributed by atoms with E-state index in [1.807, 2.05) is 13.8 Å². The highest BCUT2D eigenvalue weighted by Gasteiger charge is 2.26. The van der Waals surface area contributed by atoms with E-state index in [1.54, 1.807) is 13.0 Å². The van der Waals surface area contributed by atoms with Gasteiger partial charge in [-0.3, -0.25) is 19.5 Å². The van der Waals surface area contributed by atoms with Crippen LogP contribution >= 0.6 is 23.1 Å². The standard InChI is InChI=1S/C18H22N4O3S2/c1-5-8-22-16(24)13-9(2)10(3)26-15(13)21-18(22)27-11(4)14(23)20-17(25)19-12-6-7-12/h5,11-12H,1,6-8H2,2-4H3,(H2,19,20,23,25). The molecule has 0 aliphatic heterocycles. The lowest BCUT2D eigenvalue weighted by Gasteiger charge is -2.14. The first-order valence-electron chi connectivity index (χ1n) is 8.71. The van der Waals surface area contributed by atoms with Gasteiger partial charge in [-0.2, -0.15) is 0 Å². The van der Waals surface area contributed by atoms with Gasteiger partial charge in [0.1, 0.15) is 4.83 Å². The molecule has 7 nitrogen and oxygen atoms in total. The summed E-state index contributed by atoms with van der Waals surface area (Å²) in [6.07, 6.45) is 3.52. The molecule has 0 saturated heterocycles. The van der Waals surface area contributed by atoms with Crippen LogP contribution in [0.2, 0.25) is 0 Å². The minimum atomic E-state index is -0.586. The van der Waals surface area contributed by atoms with Crippen LogP contribution < -0.4 is 16.2 Å². The normalized spacial score (nSPS) is 14.8. The lowest BCUT2D eigenvalue weighted by molar-refractivity contribution is -0.119. The summed E-state index contributed by atoms with van der Waals surface area (Å²) < 4.78 is 1.52. The van der Waals surface area contributed by atoms with Crippen LogP contribution in [0.5, 0.6) is 0 Å². The summed E-state index contributed by atoms with van der Waals surface area (Å²) in [5.74, 6) is -0.420. The van der Waals surface area contributed by atoms with Gasteiger partial charge in [0, 0.05) is 17.5 Å². The van der Waals surface area contributed by atoms with E-state index in [1.165, 1.54) is 15.9 Å². The molecule has 0 spiro atoms. The maximum atomic E-state index is 12.9. The SMILES string of the molecule is C=CCn1c(SC(C)C(=O)NC(=O)NC2CC2)nc2sc(C)c(C)c2c1=O. The fraction of sp³-hybridized carbons (Fsp3) is 0.444. The van der Waals surface area contributed by atoms with Crippen molar-refractivity contribution in [2.45, 2.75) is 56.6 Å². The van der Waals surface area contributed by atoms with Crippen LogP contribution in [0, 0.1) is 13.8 Å². The molecule has 2 aromatic heterocycles. The third-order valence-electron chi connectivity index (χ3n) is 4.37. The number of urea groups is 1. The molecular formula is C18H22N4O3S2. The van der Waals surface area contributed by atoms with Crippen molar-refractivity contribution in [3.63, 3.8) is 0 Å². The van der Waals surface area contributed by atoms with Crippen molar-refractivity contribution < 1.29 is 9.59 Å². The number of hydrogen-bond donors (Lipinski definition) is 2. The van der Waals surface area contributed by atoms with Crippen molar-refractivity contribution in [3.8, 4) is 0 Å². The number of aryl methyl sites for hydroxylation is 2. The molecule has 1 fully saturated rings. The average Bonchev–Trinajstić information content (AvgIpc) is 3.36. The van der Waals surface area contributed by atoms with Gasteiger partial charge in [-0.25, -0.2) is 9.78 Å². The van der Waals surface area contributed by atoms with Gasteiger partial charge in [0.2, 0.25) is 5.91 Å². The third kappa shape index (κ3) is 4.24. The molecule has 0 bridgehead atoms. The zero-order valence-electron chi connectivity index (χ0n) is 15.5. The Morgan fingerprint density at radius 1 is 1.44 bits per heavy atom. The molecule has 0 radical (unpaired) electrons. The van der Waals surface area contributed by atoms with E-state index in [4.69, 9.17) is 0 Å². The summed E-state index contributed by atoms with van der Waals surface area (Å²) in [4.78, 5) is 43.3. The van der Waals surface area contributed by atoms with E-state index < -0.39 is 17.2 Å². The van der Waals surface area contributed by atoms with Crippen molar-refractivity contribution in [2.75, 3.05) is 0 Å². The van der Waals surface area contributed by atoms with Crippen molar-refractivity contribution in [2.24, 2.45) is 0 Å². The maximum Gasteiger partial charge on any atom is 0.321 e. The van der Waals surface area contributed by atoms with Gasteiger partial charge in [-0.05, 0) is 39.2 Å². The summed E-state index contributed by atoms with van der Waals surface area (Å²) >= 11 is 2.62. The Labute approximate surface area is 165 Å². The number of aromatic nitrogens is 2. The zero-order valence-corrected chi connectivity index (χ0v) is 17.1. The average molecular weight is 407 g/mol. The highest BCUT2D eigenvalue weighted by Crippen LogP contribution is 2.29. The summed E-state index contributed by atoms with van der Waals surface area (Å²) in [5.41, 5.74) is 0.799. The Kier molecular flexibility index (Phi) is 5.71. The number of nitrogens with one attached hydrogen (secondary N) is 2. The van der Waals surface area contributed by atoms with Crippen molar-refractivity contribution >= 4 is 45.3 Å². The van der Waals surface area contributed by atoms with Crippen LogP contribution in [0.25, 0.3) is 10.2 Å². The number of rotatable bonds is 6. The smallest absolute Gasteiger partial charge is 0.321 e. The quantitative estimate of drug-likeness (QED) is 0.437. The van der Waals surface area contributed by atoms with Gasteiger partial charge < -0.3 is 5.32 Å². The predicted molar refractivity (Wildman–Crippen MR) is 109 cm³/mol. The highest BCUT2D eigenvalue weighted by molar-refractivity contribution is 8.00. The van der Waals surface area contributed by atoms with Gasteiger partial charge in [0.05, 0.1) is 10.6 Å². The van der Waals surface area contributed by atoms with Gasteiger partial charge in [0.25, 0.3) is 5.56 Å². The Hall–Kier alpha value is -2.13. The number of fused-ring (bicyclic) bond motifs is 1. The third-order valence-corrected chi connectivity index (χ3v) is 6.56. The molecule has 2 N–H and O–H groups in total. The molecular weight excluding hydrogens is 384 g/mol. The number of carbonyl (C=O) groups excluding carboxylic acids is 2. The Morgan fingerprint density at radius 3 is 2.78 bits per heavy atom. The molecule has 2 aromatic rings. The number of hydrogen-bond acceptors (Lipinski definition) is 6. The molecule has 2 heterocycles. The second kappa shape index (κ2) is 7.85. The minimum absolute atomic E-state index is 0.136. The summed E-state index contributed by atoms with van der Waals surface area (Å²) in [6, 6.07) is -0.306. The second-order valence-corrected chi connectivity index (χ2v) is 9.07. The molecule has 144 valence electrons. The van der Waals surface area contributed by atoms with Crippen LogP contribution in [0.15, 0.2) is 22.6 Å². The van der Waals surface area contributed by atoms with Crippen LogP contribution in [0.1, 0.15) is 30.2 Å². The van der Waals surface area contributed by atoms with Crippen molar-refractivity contribution in [1.29, 1.82) is 0 Å². The van der Waals surface area contributed by atoms with E-state index in [-0.39, 0.29) is 11.6 Å². The highest BCUT2D eigenvalue weighted by atomic mass is 32.2. The topological polar surface area (TPSA) is 93.1 Å². The van der Waals surface area contributed by atoms with Crippen LogP contribution in [0.4, 0.5) is 4.79 Å². The number of carbonyl (C=O) groups is 2. The number of amides is 3. The molecule has 0 aromatic carbocycles. The first kappa shape index (κ1) is 19.6. The van der Waals surface area contributed by atoms with Gasteiger partial charge >= 0.3 is 6.03 Å². The molecule has 1 unspecified atom stereocenters. The Morgan fingerprint density at radius 2 is 2.15 bits per heavy atom. The number of imide groups is 1. The summed E-state index contributed by atoms with van der Waals surface area (Å²) in [5, 5.41) is 5.53. The van der Waals surface area contributed by atoms with Gasteiger partial charge in [0.15, 0.2) is 5.16 Å². The molecule has 1 aliphatic rings. The van der Waals surface area contributed by atoms with Crippen molar-refractivity contribution in [3.05, 3.63) is 33.4 Å². The Bertz CT molecular complexity index is 975. The number of nitrogens with zero attached hydrogens (tertiary/aromatic N) is 2. The summed E-state index contributed by atoms with van der Waals surface area (Å²) in [6.45, 7) is 9.56. The molecule has 1 atom stereocenters. The summed E-state index contributed by atoms with van der Waals surface area (Å²) in [7, 11) is 0. The predicted octanol–water partition coefficient (Wildman–Crippen LogP) is 2.73. The second-order valence-electron chi connectivity index (χ2n) is 6.56. The largest absolute Gasteiger partial charge is 0.335 e. The maximum absolute atomic E-state index is 12.9. The zero-order chi connectivity index (χ0) is 19.7. The van der Waals surface area contributed by atoms with E-state index in [0.717, 1.165) is 35.0 Å². The van der Waals surface area contributed by atoms with E-state index in [9.17, 15) is 14.4 Å². The van der Waals surface area contributed by atoms with Crippen molar-refractivity contribution in [1.82, 2.24) is 20.2 Å². The van der Waals surface area contributed by atoms with E-state index in [2.05, 4.69) is 22.2 Å². The van der Waals surface area contributed by atoms with Crippen LogP contribution in [-0.2, 0) is 11.3 Å². The van der Waals surface area contributed by atoms with Gasteiger partial charge in [-0.1, -0.05) is 17.8 Å². The Balaban J connectivity index is 1.85. The van der Waals surface area contributed by atoms with E-state index in [0.29, 0.717) is 21.9 Å². The van der Waals surface area contributed by atoms with E-state index >= 15 is 0 Å². The molecule has 27 heavy (non-hydrogen) atoms. The number of thiophene rings is 1. The van der Waals surface area contributed by atoms with Crippen LogP contribution in [0.3, 0.4) is 0 Å². The fourth-order valence-electron chi connectivity index (χ4n) is 2.56. The van der Waals surface area contributed by atoms with Gasteiger partial charge in [-0.15, -0.1) is 17.9 Å². The van der Waals surface area contributed by atoms with Crippen LogP contribution in [-0.4, -0.2) is 32.8 Å². The first-order valence-corrected chi connectivity index (χ1v) is 10.4. The minimum Gasteiger partial charge on any atom is -0.335 e. The molecule has 3 rings (SSSR count). The molecule has 1 saturated carbocycles. The monoisotopic (exact) mass is 406 g/mol. The fourth-order valence-corrected chi connectivity index (χ4v) is 4.55. The number of allylic oxidation sites excluding steroid dienone is 1. The lowest BCUT2D eigenvalue weighted by atomic mass is 10.2. The first-order chi connectivity index (χ1) is 12.8. The molecule has 1 aliphatic carbocycles. The molecule has 9 heteroatoms. The molecule has 3 amide bonds. The lowest BCUT2D eigenvalue weighted by Crippen LogP contribution is -2.43. The number of thioether (sulfide) groups is 1.